The largest absolute Gasteiger partial charge is 0.322 e. The number of halogens is 1. The van der Waals surface area contributed by atoms with E-state index in [1.54, 1.807) is 6.07 Å². The lowest BCUT2D eigenvalue weighted by molar-refractivity contribution is -0.123. The summed E-state index contributed by atoms with van der Waals surface area (Å²) in [6.45, 7) is 1.51. The number of carbonyl (C=O) groups excluding carboxylic acids is 3. The van der Waals surface area contributed by atoms with Gasteiger partial charge in [0.2, 0.25) is 5.91 Å². The van der Waals surface area contributed by atoms with E-state index >= 15 is 0 Å². The molecule has 1 aromatic heterocycles. The maximum Gasteiger partial charge on any atom is 0.322 e. The molecule has 4 amide bonds. The minimum Gasteiger partial charge on any atom is -0.318 e. The molecule has 1 aliphatic carbocycles. The number of rotatable bonds is 7. The van der Waals surface area contributed by atoms with Gasteiger partial charge in [0, 0.05) is 6.26 Å². The average Bonchev–Trinajstić information content (AvgIpc) is 3.39. The fourth-order valence-corrected chi connectivity index (χ4v) is 5.93. The Hall–Kier alpha value is -3.05. The van der Waals surface area contributed by atoms with Crippen LogP contribution in [0, 0.1) is 5.92 Å². The molecular weight excluding hydrogens is 494 g/mol. The van der Waals surface area contributed by atoms with Gasteiger partial charge in [0.1, 0.15) is 0 Å². The highest BCUT2D eigenvalue weighted by Gasteiger charge is 2.45. The molecule has 3 N–H and O–H groups in total. The second-order valence-corrected chi connectivity index (χ2v) is 11.6. The Morgan fingerprint density at radius 1 is 1.23 bits per heavy atom. The van der Waals surface area contributed by atoms with Gasteiger partial charge in [-0.15, -0.1) is 0 Å². The third kappa shape index (κ3) is 5.30. The van der Waals surface area contributed by atoms with Gasteiger partial charge in [-0.25, -0.2) is 18.2 Å². The van der Waals surface area contributed by atoms with Crippen LogP contribution in [0.4, 0.5) is 10.6 Å². The van der Waals surface area contributed by atoms with Gasteiger partial charge in [0.25, 0.3) is 5.91 Å². The number of amides is 4. The molecule has 2 aromatic rings. The number of anilines is 1. The third-order valence-corrected chi connectivity index (χ3v) is 8.16. The second-order valence-electron chi connectivity index (χ2n) is 9.21. The minimum atomic E-state index is -3.50. The van der Waals surface area contributed by atoms with Crippen molar-refractivity contribution in [3.63, 3.8) is 0 Å². The zero-order chi connectivity index (χ0) is 25.4. The first-order chi connectivity index (χ1) is 16.5. The number of carbonyl (C=O) groups is 3. The van der Waals surface area contributed by atoms with Crippen molar-refractivity contribution in [3.8, 4) is 0 Å². The van der Waals surface area contributed by atoms with Crippen LogP contribution < -0.4 is 16.0 Å². The van der Waals surface area contributed by atoms with E-state index in [0.29, 0.717) is 17.9 Å². The van der Waals surface area contributed by atoms with Gasteiger partial charge in [-0.05, 0) is 37.0 Å². The van der Waals surface area contributed by atoms with Crippen molar-refractivity contribution < 1.29 is 22.8 Å². The number of imide groups is 1. The summed E-state index contributed by atoms with van der Waals surface area (Å²) in [4.78, 5) is 45.4. The van der Waals surface area contributed by atoms with Crippen LogP contribution in [0.2, 0.25) is 5.02 Å². The lowest BCUT2D eigenvalue weighted by Crippen LogP contribution is -2.41. The van der Waals surface area contributed by atoms with Crippen molar-refractivity contribution in [2.45, 2.75) is 55.4 Å². The first-order valence-corrected chi connectivity index (χ1v) is 13.5. The van der Waals surface area contributed by atoms with Crippen LogP contribution in [0.15, 0.2) is 35.5 Å². The van der Waals surface area contributed by atoms with Crippen LogP contribution in [0.5, 0.6) is 0 Å². The summed E-state index contributed by atoms with van der Waals surface area (Å²) >= 11 is 6.26. The quantitative estimate of drug-likeness (QED) is 0.476. The molecule has 0 bridgehead atoms. The summed E-state index contributed by atoms with van der Waals surface area (Å²) in [6.07, 6.45) is 8.61. The zero-order valence-electron chi connectivity index (χ0n) is 19.3. The lowest BCUT2D eigenvalue weighted by Gasteiger charge is -2.22. The van der Waals surface area contributed by atoms with Gasteiger partial charge < -0.3 is 10.6 Å². The summed E-state index contributed by atoms with van der Waals surface area (Å²) in [5.41, 5.74) is -0.505. The molecule has 12 heteroatoms. The number of hydrogen-bond acceptors (Lipinski definition) is 7. The number of aromatic nitrogens is 2. The average molecular weight is 520 g/mol. The van der Waals surface area contributed by atoms with Crippen molar-refractivity contribution in [1.29, 1.82) is 0 Å². The van der Waals surface area contributed by atoms with Crippen LogP contribution in [-0.2, 0) is 25.0 Å². The standard InChI is InChI=1S/C23H26ClN5O5S/c1-23(21(31)28-22(32)29-23)18-11-26-19(12-25-18)27-20(30)15(9-13-5-3-4-6-13)14-7-8-17(16(24)10-14)35(2,33)34/h7-8,10-13,15H,3-6,9H2,1-2H3,(H,26,27,30)(H2,28,29,31,32)/t15-,23?/m0/s1. The number of nitrogens with one attached hydrogen (secondary N) is 3. The van der Waals surface area contributed by atoms with Crippen molar-refractivity contribution in [3.05, 3.63) is 46.9 Å². The van der Waals surface area contributed by atoms with E-state index in [4.69, 9.17) is 11.6 Å². The number of hydrogen-bond donors (Lipinski definition) is 3. The highest BCUT2D eigenvalue weighted by atomic mass is 35.5. The van der Waals surface area contributed by atoms with E-state index in [-0.39, 0.29) is 27.3 Å². The van der Waals surface area contributed by atoms with Crippen LogP contribution in [0.25, 0.3) is 0 Å². The van der Waals surface area contributed by atoms with Crippen LogP contribution in [-0.4, -0.2) is 42.5 Å². The Balaban J connectivity index is 1.56. The van der Waals surface area contributed by atoms with Crippen molar-refractivity contribution >= 4 is 45.1 Å². The monoisotopic (exact) mass is 519 g/mol. The van der Waals surface area contributed by atoms with Gasteiger partial charge in [-0.3, -0.25) is 19.9 Å². The molecule has 1 aliphatic heterocycles. The Kier molecular flexibility index (Phi) is 6.83. The smallest absolute Gasteiger partial charge is 0.318 e. The maximum atomic E-state index is 13.3. The summed E-state index contributed by atoms with van der Waals surface area (Å²) < 4.78 is 23.9. The van der Waals surface area contributed by atoms with E-state index in [1.807, 2.05) is 0 Å². The second kappa shape index (κ2) is 9.54. The molecule has 2 heterocycles. The van der Waals surface area contributed by atoms with Crippen molar-refractivity contribution in [1.82, 2.24) is 20.6 Å². The topological polar surface area (TPSA) is 147 Å². The summed E-state index contributed by atoms with van der Waals surface area (Å²) in [7, 11) is -3.50. The van der Waals surface area contributed by atoms with Gasteiger partial charge in [-0.2, -0.15) is 0 Å². The molecule has 1 saturated carbocycles. The number of nitrogens with zero attached hydrogens (tertiary/aromatic N) is 2. The Morgan fingerprint density at radius 3 is 2.49 bits per heavy atom. The van der Waals surface area contributed by atoms with E-state index in [0.717, 1.165) is 31.9 Å². The molecule has 0 spiro atoms. The molecule has 1 aromatic carbocycles. The van der Waals surface area contributed by atoms with Crippen LogP contribution in [0.3, 0.4) is 0 Å². The SMILES string of the molecule is CC1(c2cnc(NC(=O)[C@@H](CC3CCCC3)c3ccc(S(C)(=O)=O)c(Cl)c3)cn2)NC(=O)NC1=O. The molecule has 1 unspecified atom stereocenters. The Morgan fingerprint density at radius 2 is 1.94 bits per heavy atom. The molecule has 1 saturated heterocycles. The molecule has 2 fully saturated rings. The lowest BCUT2D eigenvalue weighted by atomic mass is 9.87. The van der Waals surface area contributed by atoms with Gasteiger partial charge in [0.15, 0.2) is 21.2 Å². The van der Waals surface area contributed by atoms with Gasteiger partial charge in [-0.1, -0.05) is 43.4 Å². The fourth-order valence-electron chi connectivity index (χ4n) is 4.60. The Bertz CT molecular complexity index is 1280. The van der Waals surface area contributed by atoms with E-state index < -0.39 is 33.2 Å². The first-order valence-electron chi connectivity index (χ1n) is 11.2. The van der Waals surface area contributed by atoms with E-state index in [2.05, 4.69) is 25.9 Å². The Labute approximate surface area is 208 Å². The predicted molar refractivity (Wildman–Crippen MR) is 129 cm³/mol. The zero-order valence-corrected chi connectivity index (χ0v) is 20.9. The van der Waals surface area contributed by atoms with E-state index in [1.165, 1.54) is 31.5 Å². The van der Waals surface area contributed by atoms with Gasteiger partial charge >= 0.3 is 6.03 Å². The fraction of sp³-hybridized carbons (Fsp3) is 0.435. The summed E-state index contributed by atoms with van der Waals surface area (Å²) in [5, 5.41) is 7.52. The highest BCUT2D eigenvalue weighted by molar-refractivity contribution is 7.90. The van der Waals surface area contributed by atoms with E-state index in [9.17, 15) is 22.8 Å². The van der Waals surface area contributed by atoms with Crippen molar-refractivity contribution in [2.75, 3.05) is 11.6 Å². The number of sulfone groups is 1. The minimum absolute atomic E-state index is 0.0148. The number of benzene rings is 1. The molecule has 10 nitrogen and oxygen atoms in total. The van der Waals surface area contributed by atoms with Crippen LogP contribution in [0.1, 0.15) is 56.2 Å². The van der Waals surface area contributed by atoms with Crippen molar-refractivity contribution in [2.24, 2.45) is 5.92 Å². The van der Waals surface area contributed by atoms with Crippen LogP contribution >= 0.6 is 11.6 Å². The number of urea groups is 1. The molecule has 35 heavy (non-hydrogen) atoms. The van der Waals surface area contributed by atoms with Gasteiger partial charge in [0.05, 0.1) is 33.9 Å². The molecule has 186 valence electrons. The predicted octanol–water partition coefficient (Wildman–Crippen LogP) is 2.89. The molecule has 2 aliphatic rings. The highest BCUT2D eigenvalue weighted by Crippen LogP contribution is 2.36. The molecular formula is C23H26ClN5O5S. The maximum absolute atomic E-state index is 13.3. The molecule has 2 atom stereocenters. The molecule has 0 radical (unpaired) electrons. The first kappa shape index (κ1) is 25.1. The summed E-state index contributed by atoms with van der Waals surface area (Å²) in [6, 6.07) is 3.97. The molecule has 4 rings (SSSR count). The third-order valence-electron chi connectivity index (χ3n) is 6.58. The summed E-state index contributed by atoms with van der Waals surface area (Å²) in [5.74, 6) is -0.873. The normalized spacial score (nSPS) is 21.5.